The monoisotopic (exact) mass is 365 g/mol. The number of likely N-dealkylation sites (tertiary alicyclic amines) is 1. The molecule has 1 saturated carbocycles. The van der Waals surface area contributed by atoms with Gasteiger partial charge in [-0.15, -0.1) is 12.4 Å². The fourth-order valence-corrected chi connectivity index (χ4v) is 5.71. The van der Waals surface area contributed by atoms with Crippen molar-refractivity contribution in [2.45, 2.75) is 75.9 Å². The maximum atomic E-state index is 11.7. The number of hydrogen-bond acceptors (Lipinski definition) is 3. The first-order chi connectivity index (χ1) is 11.5. The van der Waals surface area contributed by atoms with Gasteiger partial charge < -0.3 is 10.2 Å². The van der Waals surface area contributed by atoms with E-state index in [2.05, 4.69) is 24.8 Å². The number of halogens is 1. The third kappa shape index (κ3) is 2.79. The minimum absolute atomic E-state index is 0. The fraction of sp³-hybridized carbons (Fsp3) is 0.714. The zero-order valence-electron chi connectivity index (χ0n) is 15.5. The van der Waals surface area contributed by atoms with E-state index in [0.29, 0.717) is 5.75 Å². The lowest BCUT2D eigenvalue weighted by Crippen LogP contribution is -2.70. The van der Waals surface area contributed by atoms with Gasteiger partial charge in [0, 0.05) is 18.0 Å². The summed E-state index contributed by atoms with van der Waals surface area (Å²) in [6, 6.07) is 6.03. The first-order valence-corrected chi connectivity index (χ1v) is 9.77. The molecule has 1 aliphatic heterocycles. The van der Waals surface area contributed by atoms with Gasteiger partial charge in [0.1, 0.15) is 5.75 Å². The Morgan fingerprint density at radius 1 is 1.28 bits per heavy atom. The molecule has 1 saturated heterocycles. The first-order valence-electron chi connectivity index (χ1n) is 9.77. The number of nitrogens with zero attached hydrogens (tertiary/aromatic N) is 1. The van der Waals surface area contributed by atoms with Gasteiger partial charge in [0.25, 0.3) is 0 Å². The van der Waals surface area contributed by atoms with Gasteiger partial charge in [-0.3, -0.25) is 4.90 Å². The van der Waals surface area contributed by atoms with Gasteiger partial charge >= 0.3 is 0 Å². The second kappa shape index (κ2) is 6.75. The fourth-order valence-electron chi connectivity index (χ4n) is 5.71. The summed E-state index contributed by atoms with van der Waals surface area (Å²) in [4.78, 5) is 2.58. The summed E-state index contributed by atoms with van der Waals surface area (Å²) < 4.78 is 0. The molecule has 1 heterocycles. The van der Waals surface area contributed by atoms with Crippen molar-refractivity contribution in [2.75, 3.05) is 13.1 Å². The molecule has 1 aromatic rings. The number of phenols is 1. The van der Waals surface area contributed by atoms with Crippen LogP contribution in [-0.2, 0) is 11.8 Å². The summed E-state index contributed by atoms with van der Waals surface area (Å²) in [5, 5.41) is 21.8. The molecule has 3 nitrogen and oxygen atoms in total. The van der Waals surface area contributed by atoms with E-state index in [-0.39, 0.29) is 23.9 Å². The minimum atomic E-state index is -0.730. The average molecular weight is 366 g/mol. The van der Waals surface area contributed by atoms with Crippen molar-refractivity contribution < 1.29 is 10.2 Å². The molecule has 3 atom stereocenters. The molecule has 0 radical (unpaired) electrons. The molecule has 2 bridgehead atoms. The minimum Gasteiger partial charge on any atom is -0.508 e. The average Bonchev–Trinajstić information content (AvgIpc) is 2.48. The van der Waals surface area contributed by atoms with Crippen LogP contribution in [0.15, 0.2) is 18.2 Å². The predicted molar refractivity (Wildman–Crippen MR) is 104 cm³/mol. The highest BCUT2D eigenvalue weighted by molar-refractivity contribution is 5.85. The molecule has 0 spiro atoms. The van der Waals surface area contributed by atoms with Crippen molar-refractivity contribution >= 4 is 12.4 Å². The van der Waals surface area contributed by atoms with Gasteiger partial charge in [0.15, 0.2) is 0 Å². The molecule has 4 heteroatoms. The SMILES string of the molecule is CCC[C@]12CCN(CC3CCC3)[C@H](Cc3ccc(O)cc31)[C@@]2(C)O.Cl. The number of phenolic OH excluding ortho intramolecular Hbond substituents is 1. The Hall–Kier alpha value is -0.770. The number of aliphatic hydroxyl groups is 1. The van der Waals surface area contributed by atoms with Crippen molar-refractivity contribution in [2.24, 2.45) is 5.92 Å². The van der Waals surface area contributed by atoms with Gasteiger partial charge in [-0.05, 0) is 74.8 Å². The third-order valence-electron chi connectivity index (χ3n) is 7.30. The molecule has 3 aliphatic rings. The van der Waals surface area contributed by atoms with E-state index in [1.165, 1.54) is 30.4 Å². The molecular weight excluding hydrogens is 334 g/mol. The van der Waals surface area contributed by atoms with E-state index in [0.717, 1.165) is 44.7 Å². The normalized spacial score (nSPS) is 34.8. The van der Waals surface area contributed by atoms with Crippen molar-refractivity contribution in [1.29, 1.82) is 0 Å². The molecule has 0 amide bonds. The van der Waals surface area contributed by atoms with E-state index in [1.807, 2.05) is 12.1 Å². The Morgan fingerprint density at radius 3 is 2.68 bits per heavy atom. The van der Waals surface area contributed by atoms with Crippen LogP contribution in [0, 0.1) is 5.92 Å². The molecule has 2 aliphatic carbocycles. The van der Waals surface area contributed by atoms with Gasteiger partial charge in [0.05, 0.1) is 5.60 Å². The summed E-state index contributed by atoms with van der Waals surface area (Å²) in [5.41, 5.74) is 1.59. The van der Waals surface area contributed by atoms with Crippen LogP contribution in [0.4, 0.5) is 0 Å². The molecule has 25 heavy (non-hydrogen) atoms. The topological polar surface area (TPSA) is 43.7 Å². The standard InChI is InChI=1S/C21H31NO2.ClH/c1-3-9-21-10-11-22(14-15-5-4-6-15)19(20(21,2)24)12-16-7-8-17(23)13-18(16)21;/h7-8,13,15,19,23-24H,3-6,9-12,14H2,1-2H3;1H/t19-,20-,21+;/m1./s1. The van der Waals surface area contributed by atoms with E-state index in [4.69, 9.17) is 0 Å². The van der Waals surface area contributed by atoms with Crippen LogP contribution >= 0.6 is 12.4 Å². The number of piperidine rings is 1. The number of hydrogen-bond donors (Lipinski definition) is 2. The molecule has 0 aromatic heterocycles. The highest BCUT2D eigenvalue weighted by Gasteiger charge is 2.59. The van der Waals surface area contributed by atoms with Crippen LogP contribution in [0.2, 0.25) is 0 Å². The first kappa shape index (κ1) is 19.0. The molecule has 2 fully saturated rings. The quantitative estimate of drug-likeness (QED) is 0.846. The Balaban J connectivity index is 0.00000182. The van der Waals surface area contributed by atoms with Crippen LogP contribution in [0.3, 0.4) is 0 Å². The highest BCUT2D eigenvalue weighted by atomic mass is 35.5. The third-order valence-corrected chi connectivity index (χ3v) is 7.30. The molecule has 4 rings (SSSR count). The lowest BCUT2D eigenvalue weighted by atomic mass is 9.53. The molecule has 2 N–H and O–H groups in total. The van der Waals surface area contributed by atoms with Gasteiger partial charge in [0.2, 0.25) is 0 Å². The molecule has 140 valence electrons. The van der Waals surface area contributed by atoms with Gasteiger partial charge in [-0.25, -0.2) is 0 Å². The van der Waals surface area contributed by atoms with E-state index in [9.17, 15) is 10.2 Å². The molecule has 0 unspecified atom stereocenters. The van der Waals surface area contributed by atoms with Crippen LogP contribution < -0.4 is 0 Å². The Bertz CT molecular complexity index is 628. The second-order valence-corrected chi connectivity index (χ2v) is 8.58. The van der Waals surface area contributed by atoms with E-state index >= 15 is 0 Å². The van der Waals surface area contributed by atoms with Crippen molar-refractivity contribution in [3.63, 3.8) is 0 Å². The highest BCUT2D eigenvalue weighted by Crippen LogP contribution is 2.54. The Labute approximate surface area is 157 Å². The Kier molecular flexibility index (Phi) is 5.13. The van der Waals surface area contributed by atoms with E-state index in [1.54, 1.807) is 0 Å². The van der Waals surface area contributed by atoms with Crippen LogP contribution in [0.1, 0.15) is 63.5 Å². The summed E-state index contributed by atoms with van der Waals surface area (Å²) in [5.74, 6) is 1.16. The largest absolute Gasteiger partial charge is 0.508 e. The predicted octanol–water partition coefficient (Wildman–Crippen LogP) is 4.03. The van der Waals surface area contributed by atoms with Crippen molar-refractivity contribution in [3.8, 4) is 5.75 Å². The molecule has 1 aromatic carbocycles. The van der Waals surface area contributed by atoms with Crippen molar-refractivity contribution in [3.05, 3.63) is 29.3 Å². The zero-order chi connectivity index (χ0) is 16.9. The smallest absolute Gasteiger partial charge is 0.115 e. The zero-order valence-corrected chi connectivity index (χ0v) is 16.3. The number of rotatable bonds is 4. The Morgan fingerprint density at radius 2 is 2.04 bits per heavy atom. The van der Waals surface area contributed by atoms with E-state index < -0.39 is 5.60 Å². The number of fused-ring (bicyclic) bond motifs is 4. The molecular formula is C21H32ClNO2. The van der Waals surface area contributed by atoms with Gasteiger partial charge in [-0.1, -0.05) is 25.8 Å². The van der Waals surface area contributed by atoms with Crippen LogP contribution in [-0.4, -0.2) is 39.8 Å². The lowest BCUT2D eigenvalue weighted by Gasteiger charge is -2.61. The maximum absolute atomic E-state index is 11.7. The number of benzene rings is 1. The summed E-state index contributed by atoms with van der Waals surface area (Å²) in [6.07, 6.45) is 8.03. The summed E-state index contributed by atoms with van der Waals surface area (Å²) in [7, 11) is 0. The lowest BCUT2D eigenvalue weighted by molar-refractivity contribution is -0.141. The van der Waals surface area contributed by atoms with Crippen molar-refractivity contribution in [1.82, 2.24) is 4.90 Å². The second-order valence-electron chi connectivity index (χ2n) is 8.58. The number of aromatic hydroxyl groups is 1. The summed E-state index contributed by atoms with van der Waals surface area (Å²) >= 11 is 0. The van der Waals surface area contributed by atoms with Gasteiger partial charge in [-0.2, -0.15) is 0 Å². The van der Waals surface area contributed by atoms with Crippen LogP contribution in [0.5, 0.6) is 5.75 Å². The van der Waals surface area contributed by atoms with Crippen LogP contribution in [0.25, 0.3) is 0 Å². The summed E-state index contributed by atoms with van der Waals surface area (Å²) in [6.45, 7) is 6.49. The maximum Gasteiger partial charge on any atom is 0.115 e.